The van der Waals surface area contributed by atoms with Gasteiger partial charge < -0.3 is 20.1 Å². The summed E-state index contributed by atoms with van der Waals surface area (Å²) in [4.78, 5) is 11.9. The number of para-hydroxylation sites is 1. The number of hydrogen-bond donors (Lipinski definition) is 2. The summed E-state index contributed by atoms with van der Waals surface area (Å²) in [6, 6.07) is 12.9. The van der Waals surface area contributed by atoms with Crippen molar-refractivity contribution in [2.45, 2.75) is 0 Å². The second kappa shape index (κ2) is 6.05. The summed E-state index contributed by atoms with van der Waals surface area (Å²) < 4.78 is 11.4. The van der Waals surface area contributed by atoms with E-state index in [1.165, 1.54) is 0 Å². The van der Waals surface area contributed by atoms with Crippen molar-refractivity contribution in [1.82, 2.24) is 0 Å². The van der Waals surface area contributed by atoms with Crippen molar-refractivity contribution in [3.8, 4) is 11.5 Å². The number of carbonyl (C=O) groups excluding carboxylic acids is 1. The van der Waals surface area contributed by atoms with E-state index < -0.39 is 0 Å². The highest BCUT2D eigenvalue weighted by atomic mass is 79.9. The molecule has 0 saturated heterocycles. The molecule has 3 rings (SSSR count). The predicted octanol–water partition coefficient (Wildman–Crippen LogP) is 3.23. The summed E-state index contributed by atoms with van der Waals surface area (Å²) in [5.41, 5.74) is 1.55. The van der Waals surface area contributed by atoms with E-state index in [4.69, 9.17) is 9.47 Å². The molecule has 1 amide bonds. The Morgan fingerprint density at radius 2 is 1.95 bits per heavy atom. The van der Waals surface area contributed by atoms with Crippen LogP contribution in [0.2, 0.25) is 0 Å². The number of halogens is 1. The molecule has 1 heterocycles. The van der Waals surface area contributed by atoms with Crippen LogP contribution >= 0.6 is 15.9 Å². The van der Waals surface area contributed by atoms with Crippen molar-refractivity contribution in [1.29, 1.82) is 0 Å². The zero-order valence-corrected chi connectivity index (χ0v) is 12.6. The Kier molecular flexibility index (Phi) is 3.96. The van der Waals surface area contributed by atoms with E-state index in [0.717, 1.165) is 10.2 Å². The summed E-state index contributed by atoms with van der Waals surface area (Å²) in [5.74, 6) is 1.20. The first kappa shape index (κ1) is 13.8. The van der Waals surface area contributed by atoms with Gasteiger partial charge in [-0.1, -0.05) is 12.1 Å². The molecule has 1 aliphatic rings. The summed E-state index contributed by atoms with van der Waals surface area (Å²) in [6.07, 6.45) is 0. The fourth-order valence-corrected chi connectivity index (χ4v) is 2.38. The molecule has 21 heavy (non-hydrogen) atoms. The van der Waals surface area contributed by atoms with Crippen LogP contribution in [0.15, 0.2) is 46.9 Å². The Hall–Kier alpha value is -2.21. The Balaban J connectivity index is 1.58. The van der Waals surface area contributed by atoms with Crippen LogP contribution in [0.25, 0.3) is 0 Å². The Labute approximate surface area is 130 Å². The lowest BCUT2D eigenvalue weighted by Gasteiger charge is -2.09. The van der Waals surface area contributed by atoms with Gasteiger partial charge in [-0.3, -0.25) is 4.79 Å². The highest BCUT2D eigenvalue weighted by molar-refractivity contribution is 9.10. The maximum absolute atomic E-state index is 11.9. The Morgan fingerprint density at radius 3 is 2.81 bits per heavy atom. The quantitative estimate of drug-likeness (QED) is 0.890. The molecule has 0 radical (unpaired) electrons. The summed E-state index contributed by atoms with van der Waals surface area (Å²) in [6.45, 7) is 0.396. The van der Waals surface area contributed by atoms with Crippen molar-refractivity contribution in [2.24, 2.45) is 0 Å². The molecule has 2 aromatic rings. The van der Waals surface area contributed by atoms with E-state index in [0.29, 0.717) is 17.2 Å². The molecular formula is C15H13BrN2O3. The van der Waals surface area contributed by atoms with Crippen LogP contribution in [0.5, 0.6) is 11.5 Å². The molecule has 0 atom stereocenters. The lowest BCUT2D eigenvalue weighted by atomic mass is 10.2. The van der Waals surface area contributed by atoms with Gasteiger partial charge in [0.1, 0.15) is 0 Å². The number of ether oxygens (including phenoxy) is 2. The first-order valence-electron chi connectivity index (χ1n) is 6.40. The monoisotopic (exact) mass is 348 g/mol. The summed E-state index contributed by atoms with van der Waals surface area (Å²) in [7, 11) is 0. The molecule has 108 valence electrons. The van der Waals surface area contributed by atoms with Crippen molar-refractivity contribution in [3.05, 3.63) is 46.9 Å². The Bertz CT molecular complexity index is 676. The fourth-order valence-electron chi connectivity index (χ4n) is 1.96. The van der Waals surface area contributed by atoms with E-state index in [1.54, 1.807) is 18.2 Å². The van der Waals surface area contributed by atoms with Crippen LogP contribution in [0.3, 0.4) is 0 Å². The van der Waals surface area contributed by atoms with Gasteiger partial charge in [0, 0.05) is 21.9 Å². The average Bonchev–Trinajstić information content (AvgIpc) is 2.94. The maximum Gasteiger partial charge on any atom is 0.243 e. The Morgan fingerprint density at radius 1 is 1.14 bits per heavy atom. The fraction of sp³-hybridized carbons (Fsp3) is 0.133. The third-order valence-electron chi connectivity index (χ3n) is 2.97. The average molecular weight is 349 g/mol. The molecule has 0 spiro atoms. The van der Waals surface area contributed by atoms with Crippen LogP contribution in [0.4, 0.5) is 11.4 Å². The molecule has 2 aromatic carbocycles. The van der Waals surface area contributed by atoms with Crippen LogP contribution in [0, 0.1) is 0 Å². The summed E-state index contributed by atoms with van der Waals surface area (Å²) >= 11 is 3.42. The first-order valence-corrected chi connectivity index (χ1v) is 7.19. The van der Waals surface area contributed by atoms with Gasteiger partial charge in [0.05, 0.1) is 6.54 Å². The van der Waals surface area contributed by atoms with Crippen molar-refractivity contribution < 1.29 is 14.3 Å². The van der Waals surface area contributed by atoms with Gasteiger partial charge in [0.25, 0.3) is 0 Å². The van der Waals surface area contributed by atoms with E-state index in [-0.39, 0.29) is 19.2 Å². The summed E-state index contributed by atoms with van der Waals surface area (Å²) in [5, 5.41) is 5.88. The molecule has 0 unspecified atom stereocenters. The number of fused-ring (bicyclic) bond motifs is 1. The topological polar surface area (TPSA) is 59.6 Å². The van der Waals surface area contributed by atoms with Crippen LogP contribution in [-0.2, 0) is 4.79 Å². The highest BCUT2D eigenvalue weighted by Gasteiger charge is 2.14. The highest BCUT2D eigenvalue weighted by Crippen LogP contribution is 2.34. The molecule has 6 heteroatoms. The van der Waals surface area contributed by atoms with Crippen LogP contribution in [-0.4, -0.2) is 19.2 Å². The zero-order chi connectivity index (χ0) is 14.7. The molecule has 0 aliphatic carbocycles. The molecule has 0 fully saturated rings. The number of carbonyl (C=O) groups is 1. The van der Waals surface area contributed by atoms with Crippen LogP contribution < -0.4 is 20.1 Å². The number of rotatable bonds is 4. The number of anilines is 2. The normalized spacial score (nSPS) is 12.0. The minimum atomic E-state index is -0.135. The second-order valence-corrected chi connectivity index (χ2v) is 5.30. The van der Waals surface area contributed by atoms with Crippen molar-refractivity contribution in [2.75, 3.05) is 24.0 Å². The van der Waals surface area contributed by atoms with Gasteiger partial charge >= 0.3 is 0 Å². The maximum atomic E-state index is 11.9. The van der Waals surface area contributed by atoms with Gasteiger partial charge in [-0.05, 0) is 40.2 Å². The third kappa shape index (κ3) is 3.28. The molecule has 2 N–H and O–H groups in total. The van der Waals surface area contributed by atoms with Gasteiger partial charge in [-0.25, -0.2) is 0 Å². The molecule has 0 aromatic heterocycles. The minimum Gasteiger partial charge on any atom is -0.454 e. The number of amides is 1. The van der Waals surface area contributed by atoms with E-state index in [9.17, 15) is 4.79 Å². The van der Waals surface area contributed by atoms with Gasteiger partial charge in [-0.15, -0.1) is 0 Å². The smallest absolute Gasteiger partial charge is 0.243 e. The lowest BCUT2D eigenvalue weighted by Crippen LogP contribution is -2.21. The number of nitrogens with one attached hydrogen (secondary N) is 2. The molecule has 1 aliphatic heterocycles. The standard InChI is InChI=1S/C15H13BrN2O3/c16-11-3-1-2-4-12(11)17-8-15(19)18-10-5-6-13-14(7-10)21-9-20-13/h1-7,17H,8-9H2,(H,18,19). The van der Waals surface area contributed by atoms with Crippen molar-refractivity contribution >= 4 is 33.2 Å². The lowest BCUT2D eigenvalue weighted by molar-refractivity contribution is -0.114. The van der Waals surface area contributed by atoms with Gasteiger partial charge in [0.15, 0.2) is 11.5 Å². The molecule has 5 nitrogen and oxygen atoms in total. The van der Waals surface area contributed by atoms with E-state index in [2.05, 4.69) is 26.6 Å². The predicted molar refractivity (Wildman–Crippen MR) is 83.8 cm³/mol. The number of hydrogen-bond acceptors (Lipinski definition) is 4. The van der Waals surface area contributed by atoms with Gasteiger partial charge in [-0.2, -0.15) is 0 Å². The minimum absolute atomic E-state index is 0.135. The largest absolute Gasteiger partial charge is 0.454 e. The van der Waals surface area contributed by atoms with E-state index in [1.807, 2.05) is 24.3 Å². The third-order valence-corrected chi connectivity index (χ3v) is 3.66. The second-order valence-electron chi connectivity index (χ2n) is 4.45. The zero-order valence-electron chi connectivity index (χ0n) is 11.1. The first-order chi connectivity index (χ1) is 10.2. The number of benzene rings is 2. The molecular weight excluding hydrogens is 336 g/mol. The molecule has 0 saturated carbocycles. The van der Waals surface area contributed by atoms with Gasteiger partial charge in [0.2, 0.25) is 12.7 Å². The van der Waals surface area contributed by atoms with Crippen molar-refractivity contribution in [3.63, 3.8) is 0 Å². The SMILES string of the molecule is O=C(CNc1ccccc1Br)Nc1ccc2c(c1)OCO2. The van der Waals surface area contributed by atoms with E-state index >= 15 is 0 Å². The molecule has 0 bridgehead atoms. The van der Waals surface area contributed by atoms with Crippen LogP contribution in [0.1, 0.15) is 0 Å².